The molecule has 2 aromatic carbocycles. The number of aromatic nitrogens is 2. The summed E-state index contributed by atoms with van der Waals surface area (Å²) in [5.41, 5.74) is 4.89. The van der Waals surface area contributed by atoms with Gasteiger partial charge in [-0.15, -0.1) is 0 Å². The summed E-state index contributed by atoms with van der Waals surface area (Å²) < 4.78 is 2.26. The number of imidazole rings is 1. The van der Waals surface area contributed by atoms with Crippen molar-refractivity contribution in [1.82, 2.24) is 9.55 Å². The molecule has 1 unspecified atom stereocenters. The highest BCUT2D eigenvalue weighted by molar-refractivity contribution is 5.53. The minimum atomic E-state index is -0.367. The van der Waals surface area contributed by atoms with E-state index in [1.54, 1.807) is 0 Å². The highest BCUT2D eigenvalue weighted by Crippen LogP contribution is 2.44. The molecule has 0 N–H and O–H groups in total. The van der Waals surface area contributed by atoms with E-state index >= 15 is 0 Å². The summed E-state index contributed by atoms with van der Waals surface area (Å²) in [6, 6.07) is 19.5. The van der Waals surface area contributed by atoms with Crippen LogP contribution in [-0.4, -0.2) is 9.55 Å². The first-order chi connectivity index (χ1) is 12.3. The van der Waals surface area contributed by atoms with Crippen molar-refractivity contribution in [3.8, 4) is 0 Å². The van der Waals surface area contributed by atoms with Crippen LogP contribution in [0.25, 0.3) is 0 Å². The van der Waals surface area contributed by atoms with Gasteiger partial charge < -0.3 is 4.57 Å². The Morgan fingerprint density at radius 2 is 1.80 bits per heavy atom. The van der Waals surface area contributed by atoms with E-state index < -0.39 is 0 Å². The quantitative estimate of drug-likeness (QED) is 0.639. The van der Waals surface area contributed by atoms with Gasteiger partial charge in [0.2, 0.25) is 0 Å². The highest BCUT2D eigenvalue weighted by atomic mass is 15.1. The molecule has 2 heteroatoms. The lowest BCUT2D eigenvalue weighted by Crippen LogP contribution is -2.38. The Hall–Kier alpha value is -2.87. The van der Waals surface area contributed by atoms with Crippen molar-refractivity contribution in [1.29, 1.82) is 0 Å². The third-order valence-corrected chi connectivity index (χ3v) is 5.10. The number of rotatable bonds is 4. The molecular weight excluding hydrogens is 304 g/mol. The van der Waals surface area contributed by atoms with Crippen LogP contribution in [0.5, 0.6) is 0 Å². The second-order valence-corrected chi connectivity index (χ2v) is 6.52. The van der Waals surface area contributed by atoms with E-state index in [9.17, 15) is 0 Å². The zero-order valence-electron chi connectivity index (χ0n) is 14.5. The maximum Gasteiger partial charge on any atom is 0.118 e. The first-order valence-electron chi connectivity index (χ1n) is 8.79. The number of allylic oxidation sites excluding steroid dienone is 4. The molecule has 0 aliphatic heterocycles. The average molecular weight is 326 g/mol. The van der Waals surface area contributed by atoms with Crippen molar-refractivity contribution in [2.75, 3.05) is 0 Å². The van der Waals surface area contributed by atoms with Crippen molar-refractivity contribution >= 4 is 0 Å². The Bertz CT molecular complexity index is 904. The first kappa shape index (κ1) is 15.6. The van der Waals surface area contributed by atoms with E-state index in [0.717, 1.165) is 12.8 Å². The SMILES string of the molecule is Cc1ccccc1C(C1=CC=CCC1)(c1ccccc1)n1ccnc1. The van der Waals surface area contributed by atoms with Crippen LogP contribution in [0.15, 0.2) is 97.1 Å². The van der Waals surface area contributed by atoms with Gasteiger partial charge in [0.1, 0.15) is 5.54 Å². The van der Waals surface area contributed by atoms with Crippen LogP contribution >= 0.6 is 0 Å². The summed E-state index contributed by atoms with van der Waals surface area (Å²) in [4.78, 5) is 4.38. The van der Waals surface area contributed by atoms with E-state index in [1.165, 1.54) is 22.3 Å². The predicted molar refractivity (Wildman–Crippen MR) is 102 cm³/mol. The highest BCUT2D eigenvalue weighted by Gasteiger charge is 2.40. The molecular formula is C23H22N2. The molecule has 1 aliphatic rings. The average Bonchev–Trinajstić information content (AvgIpc) is 3.21. The standard InChI is InChI=1S/C23H22N2/c1-19-10-8-9-15-22(19)23(25-17-16-24-18-25,20-11-4-2-5-12-20)21-13-6-3-7-14-21/h2-6,8-13,15-18H,7,14H2,1H3. The van der Waals surface area contributed by atoms with Crippen LogP contribution in [-0.2, 0) is 5.54 Å². The Balaban J connectivity index is 2.11. The summed E-state index contributed by atoms with van der Waals surface area (Å²) in [6.07, 6.45) is 14.7. The Morgan fingerprint density at radius 3 is 2.48 bits per heavy atom. The van der Waals surface area contributed by atoms with Crippen LogP contribution in [0.4, 0.5) is 0 Å². The van der Waals surface area contributed by atoms with Gasteiger partial charge in [0.25, 0.3) is 0 Å². The Morgan fingerprint density at radius 1 is 1.00 bits per heavy atom. The summed E-state index contributed by atoms with van der Waals surface area (Å²) in [5.74, 6) is 0. The lowest BCUT2D eigenvalue weighted by atomic mass is 9.72. The molecule has 25 heavy (non-hydrogen) atoms. The van der Waals surface area contributed by atoms with E-state index in [4.69, 9.17) is 0 Å². The molecule has 0 bridgehead atoms. The largest absolute Gasteiger partial charge is 0.319 e. The normalized spacial score (nSPS) is 16.3. The molecule has 1 atom stereocenters. The van der Waals surface area contributed by atoms with Gasteiger partial charge in [0, 0.05) is 12.4 Å². The van der Waals surface area contributed by atoms with Gasteiger partial charge in [-0.2, -0.15) is 0 Å². The van der Waals surface area contributed by atoms with Gasteiger partial charge in [-0.05, 0) is 42.0 Å². The number of aryl methyl sites for hydroxylation is 1. The molecule has 1 heterocycles. The first-order valence-corrected chi connectivity index (χ1v) is 8.79. The minimum Gasteiger partial charge on any atom is -0.319 e. The van der Waals surface area contributed by atoms with Crippen molar-refractivity contribution in [2.24, 2.45) is 0 Å². The topological polar surface area (TPSA) is 17.8 Å². The van der Waals surface area contributed by atoms with E-state index in [0.29, 0.717) is 0 Å². The second-order valence-electron chi connectivity index (χ2n) is 6.52. The van der Waals surface area contributed by atoms with Crippen LogP contribution in [0, 0.1) is 6.92 Å². The van der Waals surface area contributed by atoms with Crippen molar-refractivity contribution in [2.45, 2.75) is 25.3 Å². The van der Waals surface area contributed by atoms with Gasteiger partial charge in [-0.3, -0.25) is 0 Å². The van der Waals surface area contributed by atoms with Gasteiger partial charge in [0.05, 0.1) is 6.33 Å². The summed E-state index contributed by atoms with van der Waals surface area (Å²) >= 11 is 0. The van der Waals surface area contributed by atoms with Gasteiger partial charge in [-0.25, -0.2) is 4.98 Å². The summed E-state index contributed by atoms with van der Waals surface area (Å²) in [6.45, 7) is 2.20. The van der Waals surface area contributed by atoms with Gasteiger partial charge >= 0.3 is 0 Å². The van der Waals surface area contributed by atoms with E-state index in [1.807, 2.05) is 12.5 Å². The van der Waals surface area contributed by atoms with Crippen molar-refractivity contribution < 1.29 is 0 Å². The Labute approximate surface area is 149 Å². The molecule has 4 rings (SSSR count). The van der Waals surface area contributed by atoms with Crippen LogP contribution in [0.1, 0.15) is 29.5 Å². The zero-order valence-corrected chi connectivity index (χ0v) is 14.5. The zero-order chi connectivity index (χ0) is 17.1. The molecule has 0 saturated heterocycles. The summed E-state index contributed by atoms with van der Waals surface area (Å²) in [7, 11) is 0. The van der Waals surface area contributed by atoms with Gasteiger partial charge in [-0.1, -0.05) is 72.8 Å². The van der Waals surface area contributed by atoms with Crippen molar-refractivity contribution in [3.05, 3.63) is 114 Å². The predicted octanol–water partition coefficient (Wildman–Crippen LogP) is 5.26. The van der Waals surface area contributed by atoms with Crippen LogP contribution < -0.4 is 0 Å². The maximum absolute atomic E-state index is 4.38. The van der Waals surface area contributed by atoms with Crippen LogP contribution in [0.3, 0.4) is 0 Å². The number of hydrogen-bond donors (Lipinski definition) is 0. The fourth-order valence-electron chi connectivity index (χ4n) is 3.99. The summed E-state index contributed by atoms with van der Waals surface area (Å²) in [5, 5.41) is 0. The third-order valence-electron chi connectivity index (χ3n) is 5.10. The second kappa shape index (κ2) is 6.56. The molecule has 1 aromatic heterocycles. The molecule has 0 radical (unpaired) electrons. The molecule has 0 spiro atoms. The van der Waals surface area contributed by atoms with E-state index in [2.05, 4.69) is 95.5 Å². The fourth-order valence-corrected chi connectivity index (χ4v) is 3.99. The maximum atomic E-state index is 4.38. The molecule has 0 amide bonds. The molecule has 0 saturated carbocycles. The van der Waals surface area contributed by atoms with E-state index in [-0.39, 0.29) is 5.54 Å². The molecule has 2 nitrogen and oxygen atoms in total. The minimum absolute atomic E-state index is 0.367. The lowest BCUT2D eigenvalue weighted by Gasteiger charge is -2.40. The van der Waals surface area contributed by atoms with Gasteiger partial charge in [0.15, 0.2) is 0 Å². The Kier molecular flexibility index (Phi) is 4.10. The molecule has 124 valence electrons. The smallest absolute Gasteiger partial charge is 0.118 e. The molecule has 3 aromatic rings. The number of benzene rings is 2. The fraction of sp³-hybridized carbons (Fsp3) is 0.174. The number of hydrogen-bond acceptors (Lipinski definition) is 1. The van der Waals surface area contributed by atoms with Crippen molar-refractivity contribution in [3.63, 3.8) is 0 Å². The van der Waals surface area contributed by atoms with Crippen LogP contribution in [0.2, 0.25) is 0 Å². The lowest BCUT2D eigenvalue weighted by molar-refractivity contribution is 0.482. The third kappa shape index (κ3) is 2.54. The number of nitrogens with zero attached hydrogens (tertiary/aromatic N) is 2. The monoisotopic (exact) mass is 326 g/mol. The molecule has 1 aliphatic carbocycles. The molecule has 0 fully saturated rings.